The van der Waals surface area contributed by atoms with Gasteiger partial charge in [0.05, 0.1) is 0 Å². The molecule has 0 spiro atoms. The molecule has 0 aromatic carbocycles. The van der Waals surface area contributed by atoms with E-state index in [1.165, 1.54) is 109 Å². The summed E-state index contributed by atoms with van der Waals surface area (Å²) >= 11 is 0. The van der Waals surface area contributed by atoms with Crippen LogP contribution in [0.2, 0.25) is 0 Å². The standard InChI is InChI=1S/C18H39P.K/c1-2-3-4-5-6-7-8-9-10-11-12-13-14-15-16-17-18-19;/h2-19H2,1H3;. The van der Waals surface area contributed by atoms with Crippen molar-refractivity contribution < 1.29 is 0 Å². The molecule has 1 radical (unpaired) electrons. The van der Waals surface area contributed by atoms with E-state index in [-0.39, 0.29) is 51.4 Å². The summed E-state index contributed by atoms with van der Waals surface area (Å²) in [7, 11) is 2.83. The van der Waals surface area contributed by atoms with Gasteiger partial charge in [0.15, 0.2) is 0 Å². The summed E-state index contributed by atoms with van der Waals surface area (Å²) in [6.45, 7) is 2.29. The third-order valence-corrected chi connectivity index (χ3v) is 4.47. The van der Waals surface area contributed by atoms with Crippen LogP contribution in [0.4, 0.5) is 0 Å². The maximum atomic E-state index is 2.83. The van der Waals surface area contributed by atoms with E-state index in [9.17, 15) is 0 Å². The largest absolute Gasteiger partial charge is 0.138 e. The van der Waals surface area contributed by atoms with E-state index >= 15 is 0 Å². The summed E-state index contributed by atoms with van der Waals surface area (Å²) in [5, 5.41) is 0. The molecule has 2 heteroatoms. The topological polar surface area (TPSA) is 0 Å². The average molecular weight is 326 g/mol. The van der Waals surface area contributed by atoms with Crippen LogP contribution in [-0.2, 0) is 0 Å². The van der Waals surface area contributed by atoms with Crippen molar-refractivity contribution in [2.75, 3.05) is 6.16 Å². The van der Waals surface area contributed by atoms with Crippen molar-refractivity contribution in [1.29, 1.82) is 0 Å². The molecule has 1 atom stereocenters. The first-order valence-electron chi connectivity index (χ1n) is 9.12. The van der Waals surface area contributed by atoms with Crippen molar-refractivity contribution in [3.63, 3.8) is 0 Å². The molecule has 0 N–H and O–H groups in total. The van der Waals surface area contributed by atoms with Gasteiger partial charge in [-0.15, -0.1) is 9.24 Å². The zero-order valence-electron chi connectivity index (χ0n) is 14.6. The van der Waals surface area contributed by atoms with Crippen LogP contribution in [0.1, 0.15) is 110 Å². The first-order chi connectivity index (χ1) is 9.41. The molecular formula is C18H39KP. The first kappa shape index (κ1) is 24.3. The van der Waals surface area contributed by atoms with Crippen molar-refractivity contribution in [1.82, 2.24) is 0 Å². The summed E-state index contributed by atoms with van der Waals surface area (Å²) in [5.74, 6) is 0. The zero-order valence-corrected chi connectivity index (χ0v) is 18.9. The molecule has 0 amide bonds. The maximum absolute atomic E-state index is 2.83. The Morgan fingerprint density at radius 2 is 0.700 bits per heavy atom. The summed E-state index contributed by atoms with van der Waals surface area (Å²) in [6.07, 6.45) is 24.7. The van der Waals surface area contributed by atoms with Crippen molar-refractivity contribution in [3.8, 4) is 0 Å². The van der Waals surface area contributed by atoms with Gasteiger partial charge in [-0.2, -0.15) is 0 Å². The van der Waals surface area contributed by atoms with Crippen LogP contribution in [0.3, 0.4) is 0 Å². The van der Waals surface area contributed by atoms with Crippen LogP contribution in [0, 0.1) is 0 Å². The molecule has 117 valence electrons. The fraction of sp³-hybridized carbons (Fsp3) is 1.00. The molecule has 0 aliphatic carbocycles. The molecule has 0 aromatic heterocycles. The molecule has 0 aromatic rings. The van der Waals surface area contributed by atoms with E-state index in [2.05, 4.69) is 16.2 Å². The first-order valence-corrected chi connectivity index (χ1v) is 9.93. The minimum Gasteiger partial charge on any atom is -0.138 e. The van der Waals surface area contributed by atoms with Crippen molar-refractivity contribution >= 4 is 60.6 Å². The number of unbranched alkanes of at least 4 members (excludes halogenated alkanes) is 15. The average Bonchev–Trinajstić information content (AvgIpc) is 2.43. The maximum Gasteiger partial charge on any atom is 0 e. The van der Waals surface area contributed by atoms with Gasteiger partial charge < -0.3 is 0 Å². The molecule has 0 bridgehead atoms. The zero-order chi connectivity index (χ0) is 14.0. The molecule has 20 heavy (non-hydrogen) atoms. The molecule has 0 aliphatic rings. The van der Waals surface area contributed by atoms with Crippen molar-refractivity contribution in [2.45, 2.75) is 110 Å². The number of rotatable bonds is 16. The second kappa shape index (κ2) is 23.3. The molecule has 0 rings (SSSR count). The van der Waals surface area contributed by atoms with E-state index in [1.54, 1.807) is 0 Å². The molecule has 0 nitrogen and oxygen atoms in total. The predicted molar refractivity (Wildman–Crippen MR) is 99.9 cm³/mol. The fourth-order valence-corrected chi connectivity index (χ4v) is 2.98. The van der Waals surface area contributed by atoms with Crippen LogP contribution >= 0.6 is 9.24 Å². The summed E-state index contributed by atoms with van der Waals surface area (Å²) < 4.78 is 0. The number of hydrogen-bond acceptors (Lipinski definition) is 0. The Labute approximate surface area is 174 Å². The second-order valence-corrected chi connectivity index (χ2v) is 6.67. The SMILES string of the molecule is CCCCCCCCCCCCCCCCCCP.[K]. The predicted octanol–water partition coefficient (Wildman–Crippen LogP) is 6.74. The van der Waals surface area contributed by atoms with Crippen LogP contribution in [-0.4, -0.2) is 57.5 Å². The van der Waals surface area contributed by atoms with E-state index in [0.717, 1.165) is 0 Å². The van der Waals surface area contributed by atoms with Gasteiger partial charge in [-0.3, -0.25) is 0 Å². The van der Waals surface area contributed by atoms with Gasteiger partial charge in [-0.1, -0.05) is 103 Å². The van der Waals surface area contributed by atoms with Gasteiger partial charge in [-0.25, -0.2) is 0 Å². The number of hydrogen-bond donors (Lipinski definition) is 0. The molecule has 0 aliphatic heterocycles. The third-order valence-electron chi connectivity index (χ3n) is 4.06. The minimum absolute atomic E-state index is 0. The summed E-state index contributed by atoms with van der Waals surface area (Å²) in [5.41, 5.74) is 0. The smallest absolute Gasteiger partial charge is 0 e. The Kier molecular flexibility index (Phi) is 28.4. The summed E-state index contributed by atoms with van der Waals surface area (Å²) in [4.78, 5) is 0. The van der Waals surface area contributed by atoms with Gasteiger partial charge in [0.25, 0.3) is 0 Å². The van der Waals surface area contributed by atoms with Crippen LogP contribution < -0.4 is 0 Å². The van der Waals surface area contributed by atoms with Gasteiger partial charge >= 0.3 is 0 Å². The van der Waals surface area contributed by atoms with Crippen molar-refractivity contribution in [3.05, 3.63) is 0 Å². The van der Waals surface area contributed by atoms with Crippen molar-refractivity contribution in [2.24, 2.45) is 0 Å². The van der Waals surface area contributed by atoms with Crippen LogP contribution in [0.25, 0.3) is 0 Å². The summed E-state index contributed by atoms with van der Waals surface area (Å²) in [6, 6.07) is 0. The van der Waals surface area contributed by atoms with E-state index in [1.807, 2.05) is 0 Å². The molecule has 0 saturated heterocycles. The normalized spacial score (nSPS) is 10.5. The van der Waals surface area contributed by atoms with Crippen LogP contribution in [0.15, 0.2) is 0 Å². The second-order valence-electron chi connectivity index (χ2n) is 6.09. The van der Waals surface area contributed by atoms with Gasteiger partial charge in [0.2, 0.25) is 0 Å². The third kappa shape index (κ3) is 22.3. The quantitative estimate of drug-likeness (QED) is 0.167. The Morgan fingerprint density at radius 1 is 0.450 bits per heavy atom. The molecule has 1 unspecified atom stereocenters. The minimum atomic E-state index is 0. The van der Waals surface area contributed by atoms with E-state index in [4.69, 9.17) is 0 Å². The van der Waals surface area contributed by atoms with Gasteiger partial charge in [0, 0.05) is 51.4 Å². The van der Waals surface area contributed by atoms with Gasteiger partial charge in [-0.05, 0) is 12.6 Å². The van der Waals surface area contributed by atoms with Crippen LogP contribution in [0.5, 0.6) is 0 Å². The van der Waals surface area contributed by atoms with Gasteiger partial charge in [0.1, 0.15) is 0 Å². The molecule has 0 heterocycles. The Bertz CT molecular complexity index is 134. The van der Waals surface area contributed by atoms with E-state index < -0.39 is 0 Å². The molecule has 0 fully saturated rings. The Morgan fingerprint density at radius 3 is 0.950 bits per heavy atom. The molecular weight excluding hydrogens is 286 g/mol. The molecule has 0 saturated carbocycles. The monoisotopic (exact) mass is 325 g/mol. The fourth-order valence-electron chi connectivity index (χ4n) is 2.69. The Hall–Kier alpha value is 2.07. The Balaban J connectivity index is 0. The van der Waals surface area contributed by atoms with E-state index in [0.29, 0.717) is 0 Å².